The summed E-state index contributed by atoms with van der Waals surface area (Å²) in [7, 11) is 0. The molecule has 0 amide bonds. The van der Waals surface area contributed by atoms with Crippen molar-refractivity contribution >= 4 is 5.97 Å². The number of nitriles is 2. The Labute approximate surface area is 136 Å². The Bertz CT molecular complexity index is 739. The minimum atomic E-state index is -1.20. The van der Waals surface area contributed by atoms with Crippen LogP contribution in [0.25, 0.3) is 0 Å². The van der Waals surface area contributed by atoms with Crippen LogP contribution >= 0.6 is 0 Å². The number of carbonyl (C=O) groups is 1. The van der Waals surface area contributed by atoms with Gasteiger partial charge in [0.2, 0.25) is 0 Å². The summed E-state index contributed by atoms with van der Waals surface area (Å²) >= 11 is 0. The van der Waals surface area contributed by atoms with E-state index in [2.05, 4.69) is 42.2 Å². The van der Waals surface area contributed by atoms with Gasteiger partial charge in [0.05, 0.1) is 12.1 Å². The maximum Gasteiger partial charge on any atom is 0.304 e. The van der Waals surface area contributed by atoms with E-state index in [0.29, 0.717) is 12.3 Å². The molecular formula is C19H18N2O2. The van der Waals surface area contributed by atoms with Crippen molar-refractivity contribution in [2.75, 3.05) is 0 Å². The molecule has 0 heterocycles. The van der Waals surface area contributed by atoms with Gasteiger partial charge in [0.25, 0.3) is 0 Å². The highest BCUT2D eigenvalue weighted by Crippen LogP contribution is 2.51. The third kappa shape index (κ3) is 2.54. The highest BCUT2D eigenvalue weighted by atomic mass is 16.6. The topological polar surface area (TPSA) is 73.9 Å². The van der Waals surface area contributed by atoms with Gasteiger partial charge in [-0.2, -0.15) is 10.5 Å². The number of esters is 1. The van der Waals surface area contributed by atoms with Crippen LogP contribution in [0.4, 0.5) is 0 Å². The number of carbonyl (C=O) groups excluding carboxylic acids is 1. The molecule has 0 saturated heterocycles. The second-order valence-electron chi connectivity index (χ2n) is 6.81. The van der Waals surface area contributed by atoms with Crippen LogP contribution in [0, 0.1) is 57.7 Å². The largest absolute Gasteiger partial charge is 0.446 e. The van der Waals surface area contributed by atoms with Crippen LogP contribution < -0.4 is 0 Å². The molecule has 4 heteroatoms. The predicted molar refractivity (Wildman–Crippen MR) is 83.2 cm³/mol. The summed E-state index contributed by atoms with van der Waals surface area (Å²) in [6.07, 6.45) is 8.04. The van der Waals surface area contributed by atoms with Crippen LogP contribution in [-0.2, 0) is 9.53 Å². The van der Waals surface area contributed by atoms with Crippen LogP contribution in [0.5, 0.6) is 0 Å². The lowest BCUT2D eigenvalue weighted by molar-refractivity contribution is -0.151. The van der Waals surface area contributed by atoms with Gasteiger partial charge in [-0.1, -0.05) is 30.1 Å². The predicted octanol–water partition coefficient (Wildman–Crippen LogP) is 2.89. The fourth-order valence-corrected chi connectivity index (χ4v) is 4.04. The van der Waals surface area contributed by atoms with Crippen LogP contribution in [0.3, 0.4) is 0 Å². The minimum absolute atomic E-state index is 0.00301. The molecule has 0 N–H and O–H groups in total. The minimum Gasteiger partial charge on any atom is -0.446 e. The second-order valence-corrected chi connectivity index (χ2v) is 6.81. The zero-order valence-corrected chi connectivity index (χ0v) is 13.3. The van der Waals surface area contributed by atoms with E-state index in [1.165, 1.54) is 6.92 Å². The van der Waals surface area contributed by atoms with Crippen molar-refractivity contribution in [1.82, 2.24) is 0 Å². The number of fused-ring (bicyclic) bond motifs is 4. The second kappa shape index (κ2) is 5.29. The molecule has 0 spiro atoms. The lowest BCUT2D eigenvalue weighted by Crippen LogP contribution is -2.40. The Hall–Kier alpha value is -2.51. The molecule has 23 heavy (non-hydrogen) atoms. The van der Waals surface area contributed by atoms with E-state index in [4.69, 9.17) is 4.74 Å². The monoisotopic (exact) mass is 306 g/mol. The fraction of sp³-hybridized carbons (Fsp3) is 0.526. The van der Waals surface area contributed by atoms with E-state index in [1.807, 2.05) is 6.92 Å². The molecule has 0 aromatic rings. The van der Waals surface area contributed by atoms with Crippen molar-refractivity contribution in [3.8, 4) is 24.0 Å². The van der Waals surface area contributed by atoms with Gasteiger partial charge in [-0.25, -0.2) is 0 Å². The smallest absolute Gasteiger partial charge is 0.304 e. The molecule has 4 nitrogen and oxygen atoms in total. The van der Waals surface area contributed by atoms with Gasteiger partial charge in [-0.3, -0.25) is 4.79 Å². The fourth-order valence-electron chi connectivity index (χ4n) is 4.04. The standard InChI is InChI=1S/C19H18N2O2/c1-13(22)23-18(2)6-3-7-19(11-20,12-21)17-9-14-4-5-15(8-14)16(17)10-18/h4-5,9,14-16H,7-8,10H2,1-2H3/t14-,15+,16-,18?/m0/s1. The van der Waals surface area contributed by atoms with Crippen molar-refractivity contribution in [2.45, 2.75) is 38.7 Å². The molecule has 1 unspecified atom stereocenters. The third-order valence-electron chi connectivity index (χ3n) is 5.02. The Balaban J connectivity index is 2.11. The summed E-state index contributed by atoms with van der Waals surface area (Å²) in [5.74, 6) is 6.13. The average Bonchev–Trinajstić information content (AvgIpc) is 2.88. The van der Waals surface area contributed by atoms with Crippen LogP contribution in [0.2, 0.25) is 0 Å². The molecular weight excluding hydrogens is 288 g/mol. The summed E-state index contributed by atoms with van der Waals surface area (Å²) in [5, 5.41) is 19.4. The van der Waals surface area contributed by atoms with Gasteiger partial charge in [-0.05, 0) is 36.7 Å². The number of hydrogen-bond donors (Lipinski definition) is 0. The van der Waals surface area contributed by atoms with Gasteiger partial charge in [0, 0.05) is 19.8 Å². The number of hydrogen-bond acceptors (Lipinski definition) is 4. The van der Waals surface area contributed by atoms with E-state index >= 15 is 0 Å². The summed E-state index contributed by atoms with van der Waals surface area (Å²) in [6, 6.07) is 4.41. The van der Waals surface area contributed by atoms with Crippen LogP contribution in [0.1, 0.15) is 33.1 Å². The van der Waals surface area contributed by atoms with Crippen molar-refractivity contribution in [3.63, 3.8) is 0 Å². The zero-order chi connectivity index (χ0) is 16.7. The molecule has 3 rings (SSSR count). The average molecular weight is 306 g/mol. The number of rotatable bonds is 1. The first-order valence-electron chi connectivity index (χ1n) is 7.84. The number of allylic oxidation sites excluding steroid dienone is 4. The molecule has 0 saturated carbocycles. The first-order valence-corrected chi connectivity index (χ1v) is 7.84. The molecule has 3 aliphatic carbocycles. The van der Waals surface area contributed by atoms with Crippen molar-refractivity contribution in [1.29, 1.82) is 10.5 Å². The Kier molecular flexibility index (Phi) is 3.54. The van der Waals surface area contributed by atoms with Crippen LogP contribution in [0.15, 0.2) is 23.8 Å². The summed E-state index contributed by atoms with van der Waals surface area (Å²) < 4.78 is 5.48. The maximum atomic E-state index is 11.5. The molecule has 0 radical (unpaired) electrons. The Morgan fingerprint density at radius 1 is 1.39 bits per heavy atom. The third-order valence-corrected chi connectivity index (χ3v) is 5.02. The first-order chi connectivity index (χ1) is 10.9. The number of ether oxygens (including phenoxy) is 1. The number of nitrogens with zero attached hydrogens (tertiary/aromatic N) is 2. The van der Waals surface area contributed by atoms with E-state index in [-0.39, 0.29) is 24.2 Å². The molecule has 0 aliphatic heterocycles. The first kappa shape index (κ1) is 15.4. The highest BCUT2D eigenvalue weighted by Gasteiger charge is 2.48. The molecule has 3 aliphatic rings. The van der Waals surface area contributed by atoms with Crippen molar-refractivity contribution < 1.29 is 9.53 Å². The van der Waals surface area contributed by atoms with Gasteiger partial charge in [-0.15, -0.1) is 0 Å². The summed E-state index contributed by atoms with van der Waals surface area (Å²) in [6.45, 7) is 3.19. The SMILES string of the molecule is CC(=O)OC1(C)C#CCC(C#N)(C#N)C2=C[C@H]3C=C[C@H](C3)[C@@H]2C1. The Morgan fingerprint density at radius 2 is 2.13 bits per heavy atom. The normalized spacial score (nSPS) is 36.0. The molecule has 0 aromatic heterocycles. The Morgan fingerprint density at radius 3 is 2.78 bits per heavy atom. The molecule has 116 valence electrons. The molecule has 2 bridgehead atoms. The molecule has 0 fully saturated rings. The highest BCUT2D eigenvalue weighted by molar-refractivity contribution is 5.67. The summed E-state index contributed by atoms with van der Waals surface area (Å²) in [5.41, 5.74) is -1.21. The molecule has 0 aromatic carbocycles. The van der Waals surface area contributed by atoms with Gasteiger partial charge in [0.1, 0.15) is 0 Å². The van der Waals surface area contributed by atoms with Crippen LogP contribution in [-0.4, -0.2) is 11.6 Å². The maximum absolute atomic E-state index is 11.5. The van der Waals surface area contributed by atoms with E-state index in [0.717, 1.165) is 12.0 Å². The zero-order valence-electron chi connectivity index (χ0n) is 13.3. The van der Waals surface area contributed by atoms with Crippen molar-refractivity contribution in [2.24, 2.45) is 23.2 Å². The van der Waals surface area contributed by atoms with Gasteiger partial charge < -0.3 is 4.74 Å². The lowest BCUT2D eigenvalue weighted by Gasteiger charge is -2.40. The van der Waals surface area contributed by atoms with Gasteiger partial charge in [0.15, 0.2) is 11.0 Å². The van der Waals surface area contributed by atoms with E-state index in [1.54, 1.807) is 0 Å². The summed E-state index contributed by atoms with van der Waals surface area (Å²) in [4.78, 5) is 11.5. The van der Waals surface area contributed by atoms with Crippen molar-refractivity contribution in [3.05, 3.63) is 23.8 Å². The van der Waals surface area contributed by atoms with E-state index in [9.17, 15) is 15.3 Å². The van der Waals surface area contributed by atoms with E-state index < -0.39 is 11.0 Å². The lowest BCUT2D eigenvalue weighted by atomic mass is 9.63. The molecule has 4 atom stereocenters. The van der Waals surface area contributed by atoms with Gasteiger partial charge >= 0.3 is 5.97 Å². The quantitative estimate of drug-likeness (QED) is 0.424.